The molecule has 4 aromatic carbocycles. The van der Waals surface area contributed by atoms with Crippen LogP contribution < -0.4 is 87.6 Å². The number of carbonyl (C=O) groups excluding carboxylic acids is 18. The molecule has 125 heavy (non-hydrogen) atoms. The van der Waals surface area contributed by atoms with Crippen molar-refractivity contribution >= 4 is 140 Å². The number of aliphatic hydroxyl groups is 1. The molecule has 0 saturated carbocycles. The first-order valence-corrected chi connectivity index (χ1v) is 41.9. The molecule has 40 heteroatoms. The third-order valence-corrected chi connectivity index (χ3v) is 22.2. The van der Waals surface area contributed by atoms with Gasteiger partial charge in [0.05, 0.1) is 24.7 Å². The number of carbonyl (C=O) groups is 18. The highest BCUT2D eigenvalue weighted by Gasteiger charge is 2.42. The van der Waals surface area contributed by atoms with E-state index in [1.165, 1.54) is 31.3 Å². The minimum Gasteiger partial charge on any atom is -0.391 e. The Hall–Kier alpha value is -13.3. The number of nitrogens with zero attached hydrogens (tertiary/aromatic N) is 4. The lowest BCUT2D eigenvalue weighted by Gasteiger charge is -2.33. The second kappa shape index (κ2) is 46.3. The molecule has 7 rings (SSSR count). The van der Waals surface area contributed by atoms with E-state index in [4.69, 9.17) is 34.4 Å². The maximum absolute atomic E-state index is 15.4. The first-order chi connectivity index (χ1) is 59.0. The first-order valence-electron chi connectivity index (χ1n) is 40.7. The van der Waals surface area contributed by atoms with Gasteiger partial charge < -0.3 is 112 Å². The van der Waals surface area contributed by atoms with Gasteiger partial charge in [0.25, 0.3) is 0 Å². The Morgan fingerprint density at radius 1 is 0.432 bits per heavy atom. The van der Waals surface area contributed by atoms with Crippen molar-refractivity contribution in [1.29, 1.82) is 0 Å². The van der Waals surface area contributed by atoms with Crippen molar-refractivity contribution in [3.63, 3.8) is 0 Å². The monoisotopic (exact) mass is 1750 g/mol. The zero-order valence-corrected chi connectivity index (χ0v) is 72.0. The van der Waals surface area contributed by atoms with Crippen LogP contribution in [-0.4, -0.2) is 235 Å². The van der Waals surface area contributed by atoms with E-state index in [-0.39, 0.29) is 75.3 Å². The molecule has 1 fully saturated rings. The van der Waals surface area contributed by atoms with E-state index >= 15 is 38.4 Å². The average molecular weight is 1750 g/mol. The number of likely N-dealkylation sites (N-methyl/N-ethyl adjacent to an activating group) is 2. The van der Waals surface area contributed by atoms with E-state index in [0.717, 1.165) is 35.5 Å². The number of hydrogen-bond donors (Lipinski definition) is 17. The van der Waals surface area contributed by atoms with Gasteiger partial charge in [-0.15, -0.1) is 11.8 Å². The molecule has 0 spiro atoms. The number of aryl methyl sites for hydroxylation is 2. The van der Waals surface area contributed by atoms with Crippen molar-refractivity contribution in [2.24, 2.45) is 60.3 Å². The van der Waals surface area contributed by atoms with Gasteiger partial charge in [0, 0.05) is 112 Å². The fraction of sp³-hybridized carbons (Fsp3) is 0.459. The Labute approximate surface area is 725 Å². The summed E-state index contributed by atoms with van der Waals surface area (Å²) in [5, 5.41) is 38.5. The number of nitrogens with two attached hydrogens (primary N) is 6. The molecule has 674 valence electrons. The fourth-order valence-corrected chi connectivity index (χ4v) is 15.5. The van der Waals surface area contributed by atoms with Gasteiger partial charge in [0.1, 0.15) is 72.5 Å². The molecule has 18 amide bonds. The highest BCUT2D eigenvalue weighted by Crippen LogP contribution is 2.26. The summed E-state index contributed by atoms with van der Waals surface area (Å²) in [4.78, 5) is 259. The Kier molecular flexibility index (Phi) is 36.6. The molecular formula is C85H114N20O19S. The number of rotatable bonds is 26. The summed E-state index contributed by atoms with van der Waals surface area (Å²) in [6, 6.07) is 7.14. The molecule has 6 aromatic rings. The number of nitrogens with one attached hydrogen (secondary N) is 10. The van der Waals surface area contributed by atoms with Crippen molar-refractivity contribution < 1.29 is 91.4 Å². The smallest absolute Gasteiger partial charge is 0.248 e. The molecule has 1 aliphatic rings. The van der Waals surface area contributed by atoms with Gasteiger partial charge in [0.15, 0.2) is 0 Å². The number of aromatic nitrogens is 2. The van der Waals surface area contributed by atoms with Crippen LogP contribution in [0.5, 0.6) is 0 Å². The van der Waals surface area contributed by atoms with Crippen LogP contribution >= 0.6 is 11.8 Å². The Morgan fingerprint density at radius 2 is 0.880 bits per heavy atom. The lowest BCUT2D eigenvalue weighted by molar-refractivity contribution is -0.144. The van der Waals surface area contributed by atoms with E-state index < -0.39 is 228 Å². The zero-order valence-electron chi connectivity index (χ0n) is 71.2. The molecule has 0 radical (unpaired) electrons. The van der Waals surface area contributed by atoms with Crippen molar-refractivity contribution in [3.05, 3.63) is 143 Å². The Morgan fingerprint density at radius 3 is 1.41 bits per heavy atom. The van der Waals surface area contributed by atoms with Crippen LogP contribution in [0.4, 0.5) is 0 Å². The van der Waals surface area contributed by atoms with Crippen LogP contribution in [0.25, 0.3) is 21.8 Å². The summed E-state index contributed by atoms with van der Waals surface area (Å²) in [5.74, 6) is -21.2. The third kappa shape index (κ3) is 28.9. The number of para-hydroxylation sites is 2. The van der Waals surface area contributed by atoms with Crippen molar-refractivity contribution in [2.75, 3.05) is 25.6 Å². The van der Waals surface area contributed by atoms with E-state index in [0.29, 0.717) is 38.5 Å². The number of amides is 18. The maximum atomic E-state index is 15.4. The number of aliphatic hydroxyl groups excluding tert-OH is 1. The predicted molar refractivity (Wildman–Crippen MR) is 461 cm³/mol. The van der Waals surface area contributed by atoms with Crippen LogP contribution in [0, 0.1) is 11.8 Å². The summed E-state index contributed by atoms with van der Waals surface area (Å²) >= 11 is 0.723. The normalized spacial score (nSPS) is 22.7. The van der Waals surface area contributed by atoms with Crippen LogP contribution in [0.15, 0.2) is 116 Å². The van der Waals surface area contributed by atoms with Gasteiger partial charge in [-0.3, -0.25) is 86.3 Å². The fourth-order valence-electron chi connectivity index (χ4n) is 14.6. The Bertz CT molecular complexity index is 4980. The molecule has 39 nitrogen and oxygen atoms in total. The lowest BCUT2D eigenvalue weighted by Crippen LogP contribution is -2.63. The molecular weight excluding hydrogens is 1640 g/mol. The summed E-state index contributed by atoms with van der Waals surface area (Å²) in [5.41, 5.74) is 37.2. The topological polar surface area (TPSA) is 620 Å². The molecule has 1 saturated heterocycles. The Balaban J connectivity index is 1.36. The number of benzene rings is 4. The van der Waals surface area contributed by atoms with Crippen LogP contribution in [-0.2, 0) is 121 Å². The molecule has 0 unspecified atom stereocenters. The molecule has 23 N–H and O–H groups in total. The summed E-state index contributed by atoms with van der Waals surface area (Å²) in [6.45, 7) is 7.58. The second-order valence-electron chi connectivity index (χ2n) is 32.0. The van der Waals surface area contributed by atoms with Crippen LogP contribution in [0.2, 0.25) is 0 Å². The van der Waals surface area contributed by atoms with Gasteiger partial charge in [-0.2, -0.15) is 0 Å². The number of hydrogen-bond acceptors (Lipinski definition) is 20. The molecule has 3 heterocycles. The van der Waals surface area contributed by atoms with Gasteiger partial charge >= 0.3 is 0 Å². The average Bonchev–Trinajstić information content (AvgIpc) is 1.67. The van der Waals surface area contributed by atoms with Crippen molar-refractivity contribution in [1.82, 2.24) is 72.1 Å². The van der Waals surface area contributed by atoms with Gasteiger partial charge in [-0.05, 0) is 97.4 Å². The standard InChI is InChI=1S/C85H114N20O19S/c1-44(2)32-56-76(115)94-55(27-19-31-67(87)108)84(123)105(9)65(39-69(89)110)81(120)96-57(36-50-40-102(6)62-28-15-13-24-52(50)62)78(117)100-71(45(3)4)82(121)98-58(37-51-41-103(7)63-29-16-14-25-53(51)63)79(118)101-72(46(5)106)83(122)93-54(26-18-30-66(86)107)75(114)99-61(74(91)113)42-125-43-70(111)92-60(34-48-22-17-23-49(33-48)73(90)112)85(124)104(8)64(35-47-20-11-10-12-21-47)80(119)97-59(38-68(88)109)77(116)95-56/h10-17,20-25,28-29,33,40-41,44-46,54-61,64-65,71-72,106H,18-19,26-27,30-32,34-39,42-43H2,1-9H3,(H2,86,107)(H2,87,108)(H2,88,109)(H2,89,110)(H2,90,112)(H2,91,113)(H,92,111)(H,93,122)(H,94,115)(H,95,116)(H,96,120)(H,97,119)(H,98,121)(H,99,114)(H,100,117)(H,101,118)/t46-,54+,55+,56+,57+,58+,59+,60-,61+,64+,65+,71+,72+/m1/s1. The van der Waals surface area contributed by atoms with E-state index in [2.05, 4.69) is 53.2 Å². The highest BCUT2D eigenvalue weighted by atomic mass is 32.2. The SMILES string of the molecule is CC(C)C[C@@H]1NC(=O)[C@H](CC(N)=O)NC(=O)[C@H](Cc2ccccc2)N(C)C(=O)[C@@H](Cc2cccc(C(N)=O)c2)NC(=O)CSC[C@@H](C(N)=O)NC(=O)[C@H](CCCC(N)=O)NC(=O)[C@H]([C@@H](C)O)NC(=O)[C@H](Cc2cn(C)c3ccccc23)NC(=O)[C@H](C(C)C)NC(=O)[C@H](Cc2cn(C)c3ccccc23)NC(=O)[C@H](CC(N)=O)N(C)C(=O)[C@H](CCCC(N)=O)NC1=O. The van der Waals surface area contributed by atoms with Gasteiger partial charge in [0.2, 0.25) is 106 Å². The quantitative estimate of drug-likeness (QED) is 0.0256. The molecule has 13 atom stereocenters. The first kappa shape index (κ1) is 98.8. The minimum atomic E-state index is -1.96. The van der Waals surface area contributed by atoms with Crippen molar-refractivity contribution in [3.8, 4) is 0 Å². The van der Waals surface area contributed by atoms with E-state index in [1.807, 2.05) is 0 Å². The third-order valence-electron chi connectivity index (χ3n) is 21.2. The van der Waals surface area contributed by atoms with Crippen molar-refractivity contribution in [2.45, 2.75) is 197 Å². The maximum Gasteiger partial charge on any atom is 0.248 e. The lowest BCUT2D eigenvalue weighted by atomic mass is 9.98. The van der Waals surface area contributed by atoms with Gasteiger partial charge in [-0.1, -0.05) is 107 Å². The minimum absolute atomic E-state index is 0.00358. The largest absolute Gasteiger partial charge is 0.391 e. The van der Waals surface area contributed by atoms with Gasteiger partial charge in [-0.25, -0.2) is 0 Å². The number of primary amides is 6. The summed E-state index contributed by atoms with van der Waals surface area (Å²) in [6.07, 6.45) is -3.67. The zero-order chi connectivity index (χ0) is 92.4. The molecule has 0 aliphatic carbocycles. The summed E-state index contributed by atoms with van der Waals surface area (Å²) in [7, 11) is 5.76. The number of fused-ring (bicyclic) bond motifs is 2. The summed E-state index contributed by atoms with van der Waals surface area (Å²) < 4.78 is 3.50. The second-order valence-corrected chi connectivity index (χ2v) is 33.0. The predicted octanol–water partition coefficient (Wildman–Crippen LogP) is -3.08. The highest BCUT2D eigenvalue weighted by molar-refractivity contribution is 8.00. The molecule has 2 aromatic heterocycles. The number of thioether (sulfide) groups is 1. The van der Waals surface area contributed by atoms with E-state index in [1.54, 1.807) is 142 Å². The molecule has 1 aliphatic heterocycles. The van der Waals surface area contributed by atoms with E-state index in [9.17, 15) is 53.1 Å². The molecule has 0 bridgehead atoms. The van der Waals surface area contributed by atoms with Crippen LogP contribution in [0.3, 0.4) is 0 Å². The van der Waals surface area contributed by atoms with Crippen LogP contribution in [0.1, 0.15) is 125 Å².